The highest BCUT2D eigenvalue weighted by Crippen LogP contribution is 2.39. The van der Waals surface area contributed by atoms with Crippen LogP contribution in [0.4, 0.5) is 4.79 Å². The van der Waals surface area contributed by atoms with Gasteiger partial charge in [-0.25, -0.2) is 14.6 Å². The van der Waals surface area contributed by atoms with Crippen LogP contribution in [0.1, 0.15) is 42.4 Å². The minimum atomic E-state index is -1.18. The number of carboxylic acid groups (broad SMARTS) is 1. The number of aromatic carboxylic acids is 1. The molecule has 1 aromatic carbocycles. The van der Waals surface area contributed by atoms with E-state index in [1.165, 1.54) is 6.07 Å². The van der Waals surface area contributed by atoms with Gasteiger partial charge in [-0.2, -0.15) is 0 Å². The third-order valence-electron chi connectivity index (χ3n) is 6.65. The number of carboxylic acids is 1. The van der Waals surface area contributed by atoms with Crippen molar-refractivity contribution >= 4 is 34.0 Å². The first-order chi connectivity index (χ1) is 20.0. The molecule has 0 atom stereocenters. The summed E-state index contributed by atoms with van der Waals surface area (Å²) in [5.74, 6) is 1.13. The highest BCUT2D eigenvalue weighted by Gasteiger charge is 2.26. The molecule has 3 aromatic heterocycles. The van der Waals surface area contributed by atoms with Crippen molar-refractivity contribution in [2.24, 2.45) is 0 Å². The zero-order chi connectivity index (χ0) is 30.0. The van der Waals surface area contributed by atoms with Crippen LogP contribution < -0.4 is 4.74 Å². The van der Waals surface area contributed by atoms with Gasteiger partial charge in [0.15, 0.2) is 11.5 Å². The topological polar surface area (TPSA) is 129 Å². The van der Waals surface area contributed by atoms with Crippen LogP contribution in [0.15, 0.2) is 47.2 Å². The van der Waals surface area contributed by atoms with E-state index in [0.717, 1.165) is 23.3 Å². The van der Waals surface area contributed by atoms with E-state index in [2.05, 4.69) is 22.7 Å². The molecule has 0 bridgehead atoms. The van der Waals surface area contributed by atoms with Crippen molar-refractivity contribution in [3.63, 3.8) is 0 Å². The summed E-state index contributed by atoms with van der Waals surface area (Å²) in [6, 6.07) is 8.97. The third kappa shape index (κ3) is 6.71. The molecule has 1 N–H and O–H groups in total. The van der Waals surface area contributed by atoms with E-state index in [4.69, 9.17) is 18.7 Å². The molecule has 1 aliphatic heterocycles. The molecule has 11 nitrogen and oxygen atoms in total. The lowest BCUT2D eigenvalue weighted by atomic mass is 10.00. The number of carbonyl (C=O) groups is 2. The lowest BCUT2D eigenvalue weighted by Gasteiger charge is -2.31. The third-order valence-corrected chi connectivity index (χ3v) is 7.63. The number of carbonyl (C=O) groups excluding carboxylic acids is 1. The molecular weight excluding hydrogens is 560 g/mol. The van der Waals surface area contributed by atoms with Gasteiger partial charge in [0.1, 0.15) is 35.2 Å². The Morgan fingerprint density at radius 2 is 1.95 bits per heavy atom. The van der Waals surface area contributed by atoms with Crippen molar-refractivity contribution in [1.29, 1.82) is 0 Å². The minimum Gasteiger partial charge on any atom is -0.476 e. The Hall–Kier alpha value is -4.03. The van der Waals surface area contributed by atoms with Crippen LogP contribution in [0.2, 0.25) is 0 Å². The molecule has 1 amide bonds. The number of aromatic nitrogens is 3. The Morgan fingerprint density at radius 1 is 1.14 bits per heavy atom. The van der Waals surface area contributed by atoms with Crippen LogP contribution >= 0.6 is 0 Å². The van der Waals surface area contributed by atoms with Crippen LogP contribution in [0.25, 0.3) is 22.4 Å². The van der Waals surface area contributed by atoms with Gasteiger partial charge in [0, 0.05) is 31.5 Å². The normalized spacial score (nSPS) is 13.4. The highest BCUT2D eigenvalue weighted by molar-refractivity contribution is 7.95. The first-order valence-electron chi connectivity index (χ1n) is 13.6. The zero-order valence-corrected chi connectivity index (χ0v) is 25.2. The average Bonchev–Trinajstić information content (AvgIpc) is 3.56. The SMILES string of the molecule is C[S+](C)CCOCn1cc(-c2cc(C(=O)O)no2)c2c(Oc3ccc4c(c3)CN(C(=O)OC(C)(C)C)CC4)ccnc21. The smallest absolute Gasteiger partial charge is 0.410 e. The van der Waals surface area contributed by atoms with Gasteiger partial charge in [-0.3, -0.25) is 0 Å². The van der Waals surface area contributed by atoms with Gasteiger partial charge in [-0.15, -0.1) is 0 Å². The van der Waals surface area contributed by atoms with E-state index in [9.17, 15) is 14.7 Å². The van der Waals surface area contributed by atoms with Crippen LogP contribution in [-0.4, -0.2) is 73.8 Å². The molecule has 0 unspecified atom stereocenters. The molecule has 0 radical (unpaired) electrons. The monoisotopic (exact) mass is 595 g/mol. The molecule has 4 aromatic rings. The lowest BCUT2D eigenvalue weighted by molar-refractivity contribution is 0.0223. The van der Waals surface area contributed by atoms with Crippen molar-refractivity contribution in [3.05, 3.63) is 59.5 Å². The second-order valence-electron chi connectivity index (χ2n) is 11.3. The Kier molecular flexibility index (Phi) is 8.46. The van der Waals surface area contributed by atoms with E-state index >= 15 is 0 Å². The summed E-state index contributed by atoms with van der Waals surface area (Å²) in [6.07, 6.45) is 8.16. The summed E-state index contributed by atoms with van der Waals surface area (Å²) in [5.41, 5.74) is 2.53. The van der Waals surface area contributed by atoms with Gasteiger partial charge in [0.25, 0.3) is 0 Å². The van der Waals surface area contributed by atoms with Gasteiger partial charge in [-0.05, 0) is 67.4 Å². The molecule has 0 saturated carbocycles. The molecule has 0 fully saturated rings. The molecule has 0 spiro atoms. The van der Waals surface area contributed by atoms with Crippen LogP contribution in [0, 0.1) is 0 Å². The van der Waals surface area contributed by atoms with E-state index in [1.54, 1.807) is 23.4 Å². The number of hydrogen-bond acceptors (Lipinski definition) is 8. The van der Waals surface area contributed by atoms with Crippen LogP contribution in [-0.2, 0) is 40.1 Å². The molecule has 0 aliphatic carbocycles. The number of benzene rings is 1. The van der Waals surface area contributed by atoms with E-state index in [1.807, 2.05) is 43.5 Å². The van der Waals surface area contributed by atoms with Gasteiger partial charge in [0.05, 0.1) is 30.1 Å². The molecule has 222 valence electrons. The number of hydrogen-bond donors (Lipinski definition) is 1. The molecule has 5 rings (SSSR count). The first kappa shape index (κ1) is 29.5. The van der Waals surface area contributed by atoms with E-state index in [-0.39, 0.29) is 35.2 Å². The maximum absolute atomic E-state index is 12.7. The first-order valence-corrected chi connectivity index (χ1v) is 15.8. The van der Waals surface area contributed by atoms with Gasteiger partial charge >= 0.3 is 12.1 Å². The largest absolute Gasteiger partial charge is 0.476 e. The average molecular weight is 596 g/mol. The molecular formula is C30H35N4O7S+. The summed E-state index contributed by atoms with van der Waals surface area (Å²) >= 11 is 0. The number of ether oxygens (including phenoxy) is 3. The second-order valence-corrected chi connectivity index (χ2v) is 13.7. The number of fused-ring (bicyclic) bond motifs is 2. The van der Waals surface area contributed by atoms with E-state index < -0.39 is 11.6 Å². The quantitative estimate of drug-likeness (QED) is 0.202. The maximum Gasteiger partial charge on any atom is 0.410 e. The summed E-state index contributed by atoms with van der Waals surface area (Å²) in [4.78, 5) is 30.5. The number of nitrogens with zero attached hydrogens (tertiary/aromatic N) is 4. The number of pyridine rings is 1. The standard InChI is InChI=1S/C30H34N4O7S/c1-30(2,3)40-29(37)33-11-9-19-6-7-21(14-20(19)16-33)39-24-8-10-31-27-26(24)22(25-15-23(28(35)36)32-41-25)17-34(27)18-38-12-13-42(4)5/h6-8,10,14-15,17H,9,11-13,16,18H2,1-5H3/p+1. The van der Waals surface area contributed by atoms with Gasteiger partial charge in [-0.1, -0.05) is 11.2 Å². The Labute approximate surface area is 246 Å². The molecule has 42 heavy (non-hydrogen) atoms. The van der Waals surface area contributed by atoms with Crippen LogP contribution in [0.3, 0.4) is 0 Å². The van der Waals surface area contributed by atoms with Crippen molar-refractivity contribution < 1.29 is 33.4 Å². The maximum atomic E-state index is 12.7. The fourth-order valence-corrected chi connectivity index (χ4v) is 5.11. The predicted octanol–water partition coefficient (Wildman–Crippen LogP) is 5.33. The summed E-state index contributed by atoms with van der Waals surface area (Å²) < 4.78 is 25.2. The van der Waals surface area contributed by atoms with E-state index in [0.29, 0.717) is 47.8 Å². The Balaban J connectivity index is 1.46. The van der Waals surface area contributed by atoms with Crippen molar-refractivity contribution in [1.82, 2.24) is 19.6 Å². The van der Waals surface area contributed by atoms with Gasteiger partial charge < -0.3 is 33.3 Å². The van der Waals surface area contributed by atoms with Gasteiger partial charge in [0.2, 0.25) is 0 Å². The molecule has 1 aliphatic rings. The number of amides is 1. The van der Waals surface area contributed by atoms with Crippen molar-refractivity contribution in [2.75, 3.05) is 31.4 Å². The second kappa shape index (κ2) is 12.1. The Morgan fingerprint density at radius 3 is 2.67 bits per heavy atom. The molecule has 12 heteroatoms. The van der Waals surface area contributed by atoms with Crippen molar-refractivity contribution in [2.45, 2.75) is 46.1 Å². The minimum absolute atomic E-state index is 0.198. The number of rotatable bonds is 9. The highest BCUT2D eigenvalue weighted by atomic mass is 32.2. The fraction of sp³-hybridized carbons (Fsp3) is 0.400. The lowest BCUT2D eigenvalue weighted by Crippen LogP contribution is -2.39. The van der Waals surface area contributed by atoms with Crippen LogP contribution in [0.5, 0.6) is 11.5 Å². The predicted molar refractivity (Wildman–Crippen MR) is 159 cm³/mol. The summed E-state index contributed by atoms with van der Waals surface area (Å²) in [5, 5.41) is 13.7. The molecule has 0 saturated heterocycles. The zero-order valence-electron chi connectivity index (χ0n) is 24.4. The molecule has 4 heterocycles. The fourth-order valence-electron chi connectivity index (χ4n) is 4.65. The Bertz CT molecular complexity index is 1600. The van der Waals surface area contributed by atoms with Crippen molar-refractivity contribution in [3.8, 4) is 22.8 Å². The summed E-state index contributed by atoms with van der Waals surface area (Å²) in [6.45, 7) is 7.41. The summed E-state index contributed by atoms with van der Waals surface area (Å²) in [7, 11) is 0.258.